The maximum atomic E-state index is 9.81. The van der Waals surface area contributed by atoms with Crippen molar-refractivity contribution in [2.75, 3.05) is 6.61 Å². The van der Waals surface area contributed by atoms with Gasteiger partial charge in [-0.25, -0.2) is 0 Å². The first-order chi connectivity index (χ1) is 6.71. The van der Waals surface area contributed by atoms with Gasteiger partial charge in [-0.2, -0.15) is 0 Å². The summed E-state index contributed by atoms with van der Waals surface area (Å²) in [7, 11) is 0. The van der Waals surface area contributed by atoms with Gasteiger partial charge in [0.2, 0.25) is 0 Å². The number of ether oxygens (including phenoxy) is 1. The number of hydrogen-bond acceptors (Lipinski definition) is 2. The molecular weight excluding hydrogens is 176 g/mol. The van der Waals surface area contributed by atoms with Crippen molar-refractivity contribution in [1.29, 1.82) is 0 Å². The molecule has 2 aliphatic rings. The van der Waals surface area contributed by atoms with Crippen LogP contribution in [0.4, 0.5) is 0 Å². The third-order valence-corrected chi connectivity index (χ3v) is 3.18. The van der Waals surface area contributed by atoms with E-state index in [9.17, 15) is 5.11 Å². The van der Waals surface area contributed by atoms with E-state index in [2.05, 4.69) is 24.3 Å². The molecule has 2 rings (SSSR count). The molecule has 0 radical (unpaired) electrons. The van der Waals surface area contributed by atoms with E-state index in [0.717, 1.165) is 19.3 Å². The van der Waals surface area contributed by atoms with Crippen LogP contribution in [0.3, 0.4) is 0 Å². The molecule has 1 aliphatic carbocycles. The molecule has 2 heteroatoms. The molecule has 0 aromatic heterocycles. The van der Waals surface area contributed by atoms with Gasteiger partial charge in [-0.15, -0.1) is 0 Å². The highest BCUT2D eigenvalue weighted by molar-refractivity contribution is 5.10. The fourth-order valence-corrected chi connectivity index (χ4v) is 1.83. The predicted molar refractivity (Wildman–Crippen MR) is 56.0 cm³/mol. The number of aliphatic hydroxyl groups is 1. The van der Waals surface area contributed by atoms with Crippen LogP contribution in [0.1, 0.15) is 26.2 Å². The number of epoxide rings is 1. The van der Waals surface area contributed by atoms with E-state index < -0.39 is 0 Å². The van der Waals surface area contributed by atoms with E-state index in [1.165, 1.54) is 0 Å². The topological polar surface area (TPSA) is 32.8 Å². The molecule has 78 valence electrons. The lowest BCUT2D eigenvalue weighted by Gasteiger charge is -2.18. The zero-order valence-electron chi connectivity index (χ0n) is 8.65. The largest absolute Gasteiger partial charge is 0.390 e. The highest BCUT2D eigenvalue weighted by Gasteiger charge is 2.45. The predicted octanol–water partition coefficient (Wildman–Crippen LogP) is 2.05. The molecule has 0 bridgehead atoms. The second-order valence-corrected chi connectivity index (χ2v) is 4.50. The van der Waals surface area contributed by atoms with Gasteiger partial charge in [0.25, 0.3) is 0 Å². The Hall–Kier alpha value is -0.600. The molecule has 0 aromatic rings. The minimum atomic E-state index is -0.290. The molecule has 1 heterocycles. The van der Waals surface area contributed by atoms with Crippen LogP contribution in [0.15, 0.2) is 24.3 Å². The Kier molecular flexibility index (Phi) is 2.75. The summed E-state index contributed by atoms with van der Waals surface area (Å²) in [5.74, 6) is 0.608. The molecule has 1 fully saturated rings. The Morgan fingerprint density at radius 2 is 2.36 bits per heavy atom. The molecule has 1 aliphatic heterocycles. The van der Waals surface area contributed by atoms with Crippen LogP contribution >= 0.6 is 0 Å². The first kappa shape index (κ1) is 9.94. The van der Waals surface area contributed by atoms with Crippen LogP contribution < -0.4 is 0 Å². The van der Waals surface area contributed by atoms with Crippen LogP contribution in [0.25, 0.3) is 0 Å². The molecule has 0 saturated carbocycles. The number of aliphatic hydroxyl groups excluding tert-OH is 1. The van der Waals surface area contributed by atoms with E-state index in [-0.39, 0.29) is 11.7 Å². The van der Waals surface area contributed by atoms with Gasteiger partial charge in [-0.1, -0.05) is 24.3 Å². The minimum Gasteiger partial charge on any atom is -0.390 e. The molecule has 1 saturated heterocycles. The van der Waals surface area contributed by atoms with Crippen molar-refractivity contribution >= 4 is 0 Å². The summed E-state index contributed by atoms with van der Waals surface area (Å²) in [5.41, 5.74) is -0.228. The van der Waals surface area contributed by atoms with Gasteiger partial charge < -0.3 is 9.84 Å². The monoisotopic (exact) mass is 194 g/mol. The van der Waals surface area contributed by atoms with Crippen molar-refractivity contribution in [2.45, 2.75) is 37.9 Å². The molecule has 14 heavy (non-hydrogen) atoms. The second kappa shape index (κ2) is 3.87. The van der Waals surface area contributed by atoms with Gasteiger partial charge in [-0.3, -0.25) is 0 Å². The second-order valence-electron chi connectivity index (χ2n) is 4.50. The third kappa shape index (κ3) is 2.25. The summed E-state index contributed by atoms with van der Waals surface area (Å²) >= 11 is 0. The Morgan fingerprint density at radius 3 is 2.93 bits per heavy atom. The zero-order chi connectivity index (χ0) is 10.0. The Labute approximate surface area is 85.3 Å². The van der Waals surface area contributed by atoms with Crippen LogP contribution in [0.5, 0.6) is 0 Å². The van der Waals surface area contributed by atoms with Crippen LogP contribution in [-0.2, 0) is 4.74 Å². The Morgan fingerprint density at radius 1 is 1.57 bits per heavy atom. The molecule has 0 amide bonds. The standard InChI is InChI=1S/C12H18O2/c1-12(9-14-12)11(13)8-7-10-5-3-2-4-6-10/h2-5,10-11,13H,6-9H2,1H3. The van der Waals surface area contributed by atoms with Gasteiger partial charge in [0.05, 0.1) is 12.7 Å². The average Bonchev–Trinajstić information content (AvgIpc) is 2.96. The van der Waals surface area contributed by atoms with Gasteiger partial charge >= 0.3 is 0 Å². The SMILES string of the molecule is CC1(C(O)CCC2C=CC=CC2)CO1. The fraction of sp³-hybridized carbons (Fsp3) is 0.667. The van der Waals surface area contributed by atoms with Crippen molar-refractivity contribution < 1.29 is 9.84 Å². The van der Waals surface area contributed by atoms with Gasteiger partial charge in [0.15, 0.2) is 0 Å². The van der Waals surface area contributed by atoms with Crippen LogP contribution in [0.2, 0.25) is 0 Å². The smallest absolute Gasteiger partial charge is 0.115 e. The molecule has 2 nitrogen and oxygen atoms in total. The summed E-state index contributed by atoms with van der Waals surface area (Å²) in [6.07, 6.45) is 11.3. The van der Waals surface area contributed by atoms with E-state index in [0.29, 0.717) is 12.5 Å². The average molecular weight is 194 g/mol. The van der Waals surface area contributed by atoms with Gasteiger partial charge in [0.1, 0.15) is 5.60 Å². The molecule has 0 aromatic carbocycles. The lowest BCUT2D eigenvalue weighted by molar-refractivity contribution is 0.0732. The summed E-state index contributed by atoms with van der Waals surface area (Å²) in [6.45, 7) is 2.70. The Balaban J connectivity index is 1.71. The normalized spacial score (nSPS) is 37.1. The fourth-order valence-electron chi connectivity index (χ4n) is 1.83. The highest BCUT2D eigenvalue weighted by atomic mass is 16.6. The quantitative estimate of drug-likeness (QED) is 0.695. The number of hydrogen-bond donors (Lipinski definition) is 1. The van der Waals surface area contributed by atoms with Gasteiger partial charge in [-0.05, 0) is 32.1 Å². The van der Waals surface area contributed by atoms with Crippen LogP contribution in [-0.4, -0.2) is 23.4 Å². The van der Waals surface area contributed by atoms with E-state index in [4.69, 9.17) is 4.74 Å². The first-order valence-corrected chi connectivity index (χ1v) is 5.36. The number of rotatable bonds is 4. The third-order valence-electron chi connectivity index (χ3n) is 3.18. The van der Waals surface area contributed by atoms with Crippen LogP contribution in [0, 0.1) is 5.92 Å². The number of allylic oxidation sites excluding steroid dienone is 4. The lowest BCUT2D eigenvalue weighted by atomic mass is 9.91. The lowest BCUT2D eigenvalue weighted by Crippen LogP contribution is -2.26. The van der Waals surface area contributed by atoms with E-state index >= 15 is 0 Å². The van der Waals surface area contributed by atoms with E-state index in [1.54, 1.807) is 0 Å². The summed E-state index contributed by atoms with van der Waals surface area (Å²) in [5, 5.41) is 9.81. The molecular formula is C12H18O2. The Bertz CT molecular complexity index is 251. The summed E-state index contributed by atoms with van der Waals surface area (Å²) in [4.78, 5) is 0. The molecule has 1 N–H and O–H groups in total. The highest BCUT2D eigenvalue weighted by Crippen LogP contribution is 2.33. The minimum absolute atomic E-state index is 0.228. The first-order valence-electron chi connectivity index (χ1n) is 5.36. The van der Waals surface area contributed by atoms with Crippen molar-refractivity contribution in [2.24, 2.45) is 5.92 Å². The van der Waals surface area contributed by atoms with Gasteiger partial charge in [0, 0.05) is 0 Å². The van der Waals surface area contributed by atoms with E-state index in [1.807, 2.05) is 6.92 Å². The van der Waals surface area contributed by atoms with Crippen molar-refractivity contribution in [3.8, 4) is 0 Å². The van der Waals surface area contributed by atoms with Crippen molar-refractivity contribution in [1.82, 2.24) is 0 Å². The summed E-state index contributed by atoms with van der Waals surface area (Å²) < 4.78 is 5.22. The summed E-state index contributed by atoms with van der Waals surface area (Å²) in [6, 6.07) is 0. The molecule has 3 unspecified atom stereocenters. The van der Waals surface area contributed by atoms with Crippen molar-refractivity contribution in [3.05, 3.63) is 24.3 Å². The molecule has 0 spiro atoms. The maximum absolute atomic E-state index is 9.81. The van der Waals surface area contributed by atoms with Crippen molar-refractivity contribution in [3.63, 3.8) is 0 Å². The molecule has 3 atom stereocenters. The maximum Gasteiger partial charge on any atom is 0.115 e. The zero-order valence-corrected chi connectivity index (χ0v) is 8.65.